The van der Waals surface area contributed by atoms with Crippen LogP contribution < -0.4 is 9.80 Å². The van der Waals surface area contributed by atoms with Gasteiger partial charge in [-0.25, -0.2) is 0 Å². The summed E-state index contributed by atoms with van der Waals surface area (Å²) in [6.45, 7) is 13.7. The maximum absolute atomic E-state index is 3.25. The predicted molar refractivity (Wildman–Crippen MR) is 188 cm³/mol. The van der Waals surface area contributed by atoms with E-state index in [9.17, 15) is 0 Å². The molecule has 2 aromatic carbocycles. The minimum atomic E-state index is 1.03. The van der Waals surface area contributed by atoms with Gasteiger partial charge in [-0.3, -0.25) is 0 Å². The number of anilines is 2. The summed E-state index contributed by atoms with van der Waals surface area (Å²) in [5.74, 6) is 12.6. The van der Waals surface area contributed by atoms with Crippen LogP contribution in [0.25, 0.3) is 0 Å². The molecule has 2 aromatic rings. The summed E-state index contributed by atoms with van der Waals surface area (Å²) < 4.78 is 0. The molecule has 2 nitrogen and oxygen atoms in total. The lowest BCUT2D eigenvalue weighted by Crippen LogP contribution is -2.25. The standard InChI is InChI=1S/C40H60N2/c1-5-9-13-19-33-41(34-20-14-10-6-2)39-29-25-37(26-30-39)23-17-18-24-38-27-31-40(32-28-38)42(35-21-15-11-7-3)36-22-16-12-8-4/h25-32H,5-16,19-22,33-36H2,1-4H3. The summed E-state index contributed by atoms with van der Waals surface area (Å²) in [6, 6.07) is 17.6. The number of hydrogen-bond acceptors (Lipinski definition) is 2. The molecule has 2 rings (SSSR count). The zero-order valence-corrected chi connectivity index (χ0v) is 27.7. The zero-order chi connectivity index (χ0) is 30.1. The Morgan fingerprint density at radius 1 is 0.381 bits per heavy atom. The molecule has 0 heterocycles. The van der Waals surface area contributed by atoms with Crippen LogP contribution in [0.3, 0.4) is 0 Å². The minimum Gasteiger partial charge on any atom is -0.372 e. The molecule has 42 heavy (non-hydrogen) atoms. The maximum Gasteiger partial charge on any atom is 0.0367 e. The van der Waals surface area contributed by atoms with E-state index in [0.717, 1.165) is 37.3 Å². The molecular weight excluding hydrogens is 508 g/mol. The summed E-state index contributed by atoms with van der Waals surface area (Å²) in [4.78, 5) is 5.15. The van der Waals surface area contributed by atoms with E-state index in [1.165, 1.54) is 114 Å². The van der Waals surface area contributed by atoms with Crippen molar-refractivity contribution in [1.29, 1.82) is 0 Å². The normalized spacial score (nSPS) is 10.5. The molecule has 0 spiro atoms. The van der Waals surface area contributed by atoms with Crippen LogP contribution in [0.15, 0.2) is 48.5 Å². The Labute approximate surface area is 260 Å². The van der Waals surface area contributed by atoms with Gasteiger partial charge in [0.15, 0.2) is 0 Å². The second kappa shape index (κ2) is 23.7. The molecule has 0 radical (unpaired) electrons. The first-order chi connectivity index (χ1) is 20.7. The second-order valence-corrected chi connectivity index (χ2v) is 11.8. The first kappa shape index (κ1) is 35.4. The summed E-state index contributed by atoms with van der Waals surface area (Å²) in [5, 5.41) is 0. The number of hydrogen-bond donors (Lipinski definition) is 0. The molecule has 0 saturated carbocycles. The highest BCUT2D eigenvalue weighted by atomic mass is 15.1. The molecule has 0 saturated heterocycles. The Kier molecular flexibility index (Phi) is 19.9. The molecule has 0 N–H and O–H groups in total. The van der Waals surface area contributed by atoms with Gasteiger partial charge in [0.25, 0.3) is 0 Å². The van der Waals surface area contributed by atoms with Crippen LogP contribution >= 0.6 is 0 Å². The number of rotatable bonds is 22. The van der Waals surface area contributed by atoms with Gasteiger partial charge in [-0.2, -0.15) is 0 Å². The van der Waals surface area contributed by atoms with Crippen molar-refractivity contribution in [3.05, 3.63) is 59.7 Å². The van der Waals surface area contributed by atoms with Crippen molar-refractivity contribution >= 4 is 11.4 Å². The molecule has 0 amide bonds. The summed E-state index contributed by atoms with van der Waals surface area (Å²) in [5.41, 5.74) is 4.71. The Morgan fingerprint density at radius 2 is 0.667 bits per heavy atom. The largest absolute Gasteiger partial charge is 0.372 e. The van der Waals surface area contributed by atoms with Crippen molar-refractivity contribution in [3.63, 3.8) is 0 Å². The van der Waals surface area contributed by atoms with Crippen molar-refractivity contribution < 1.29 is 0 Å². The van der Waals surface area contributed by atoms with Gasteiger partial charge in [-0.1, -0.05) is 117 Å². The van der Waals surface area contributed by atoms with Gasteiger partial charge in [0.1, 0.15) is 0 Å². The van der Waals surface area contributed by atoms with Gasteiger partial charge in [0.2, 0.25) is 0 Å². The smallest absolute Gasteiger partial charge is 0.0367 e. The van der Waals surface area contributed by atoms with Crippen LogP contribution in [0.5, 0.6) is 0 Å². The maximum atomic E-state index is 3.25. The van der Waals surface area contributed by atoms with E-state index in [2.05, 4.69) is 110 Å². The first-order valence-corrected chi connectivity index (χ1v) is 17.4. The second-order valence-electron chi connectivity index (χ2n) is 11.8. The SMILES string of the molecule is CCCCCCN(CCCCCC)c1ccc(C#CC#Cc2ccc(N(CCCCCC)CCCCCC)cc2)cc1. The third-order valence-corrected chi connectivity index (χ3v) is 8.07. The summed E-state index contributed by atoms with van der Waals surface area (Å²) in [7, 11) is 0. The summed E-state index contributed by atoms with van der Waals surface area (Å²) >= 11 is 0. The third kappa shape index (κ3) is 15.4. The highest BCUT2D eigenvalue weighted by Gasteiger charge is 2.07. The Hall–Kier alpha value is -2.84. The third-order valence-electron chi connectivity index (χ3n) is 8.07. The van der Waals surface area contributed by atoms with Crippen LogP contribution in [0, 0.1) is 23.7 Å². The molecule has 0 aromatic heterocycles. The first-order valence-electron chi connectivity index (χ1n) is 17.4. The minimum absolute atomic E-state index is 1.03. The molecule has 0 aliphatic rings. The quantitative estimate of drug-likeness (QED) is 0.103. The zero-order valence-electron chi connectivity index (χ0n) is 27.7. The topological polar surface area (TPSA) is 6.48 Å². The van der Waals surface area contributed by atoms with Crippen molar-refractivity contribution in [2.24, 2.45) is 0 Å². The molecular formula is C40H60N2. The van der Waals surface area contributed by atoms with E-state index in [1.807, 2.05) is 0 Å². The van der Waals surface area contributed by atoms with Crippen molar-refractivity contribution in [1.82, 2.24) is 0 Å². The molecule has 230 valence electrons. The molecule has 0 bridgehead atoms. The number of nitrogens with zero attached hydrogens (tertiary/aromatic N) is 2. The predicted octanol–water partition coefficient (Wildman–Crippen LogP) is 11.0. The number of unbranched alkanes of at least 4 members (excludes halogenated alkanes) is 12. The van der Waals surface area contributed by atoms with Crippen LogP contribution in [0.1, 0.15) is 142 Å². The lowest BCUT2D eigenvalue weighted by Gasteiger charge is -2.25. The average Bonchev–Trinajstić information content (AvgIpc) is 3.02. The van der Waals surface area contributed by atoms with E-state index >= 15 is 0 Å². The van der Waals surface area contributed by atoms with Gasteiger partial charge in [-0.15, -0.1) is 0 Å². The number of benzene rings is 2. The van der Waals surface area contributed by atoms with Crippen LogP contribution in [-0.2, 0) is 0 Å². The van der Waals surface area contributed by atoms with Gasteiger partial charge in [-0.05, 0) is 86.1 Å². The van der Waals surface area contributed by atoms with Gasteiger partial charge in [0.05, 0.1) is 0 Å². The Balaban J connectivity index is 1.97. The highest BCUT2D eigenvalue weighted by Crippen LogP contribution is 2.19. The molecule has 0 fully saturated rings. The fourth-order valence-electron chi connectivity index (χ4n) is 5.38. The Morgan fingerprint density at radius 3 is 0.929 bits per heavy atom. The van der Waals surface area contributed by atoms with Crippen molar-refractivity contribution in [2.75, 3.05) is 36.0 Å². The molecule has 0 atom stereocenters. The molecule has 0 aliphatic heterocycles. The van der Waals surface area contributed by atoms with Crippen LogP contribution in [-0.4, -0.2) is 26.2 Å². The lowest BCUT2D eigenvalue weighted by molar-refractivity contribution is 0.609. The highest BCUT2D eigenvalue weighted by molar-refractivity contribution is 5.53. The summed E-state index contributed by atoms with van der Waals surface area (Å²) in [6.07, 6.45) is 20.9. The van der Waals surface area contributed by atoms with Crippen LogP contribution in [0.4, 0.5) is 11.4 Å². The Bertz CT molecular complexity index is 934. The fraction of sp³-hybridized carbons (Fsp3) is 0.600. The van der Waals surface area contributed by atoms with Gasteiger partial charge >= 0.3 is 0 Å². The van der Waals surface area contributed by atoms with Crippen LogP contribution in [0.2, 0.25) is 0 Å². The van der Waals surface area contributed by atoms with E-state index in [-0.39, 0.29) is 0 Å². The lowest BCUT2D eigenvalue weighted by atomic mass is 10.1. The van der Waals surface area contributed by atoms with Crippen molar-refractivity contribution in [3.8, 4) is 23.7 Å². The van der Waals surface area contributed by atoms with E-state index in [1.54, 1.807) is 0 Å². The van der Waals surface area contributed by atoms with Gasteiger partial charge < -0.3 is 9.80 Å². The average molecular weight is 569 g/mol. The molecule has 0 aliphatic carbocycles. The van der Waals surface area contributed by atoms with E-state index in [4.69, 9.17) is 0 Å². The van der Waals surface area contributed by atoms with Crippen molar-refractivity contribution in [2.45, 2.75) is 130 Å². The van der Waals surface area contributed by atoms with Gasteiger partial charge in [0, 0.05) is 48.7 Å². The monoisotopic (exact) mass is 568 g/mol. The van der Waals surface area contributed by atoms with E-state index < -0.39 is 0 Å². The molecule has 2 heteroatoms. The van der Waals surface area contributed by atoms with E-state index in [0.29, 0.717) is 0 Å². The fourth-order valence-corrected chi connectivity index (χ4v) is 5.38. The molecule has 0 unspecified atom stereocenters.